The van der Waals surface area contributed by atoms with E-state index in [4.69, 9.17) is 9.84 Å². The van der Waals surface area contributed by atoms with Crippen molar-refractivity contribution in [1.29, 1.82) is 0 Å². The summed E-state index contributed by atoms with van der Waals surface area (Å²) in [5.74, 6) is -1.58. The van der Waals surface area contributed by atoms with Gasteiger partial charge in [0.15, 0.2) is 6.23 Å². The van der Waals surface area contributed by atoms with Gasteiger partial charge in [0.1, 0.15) is 18.3 Å². The maximum atomic E-state index is 13.3. The summed E-state index contributed by atoms with van der Waals surface area (Å²) >= 11 is 0. The summed E-state index contributed by atoms with van der Waals surface area (Å²) in [5, 5.41) is 38.2. The number of aromatic nitrogens is 2. The van der Waals surface area contributed by atoms with Crippen molar-refractivity contribution in [1.82, 2.24) is 9.55 Å². The second-order valence-corrected chi connectivity index (χ2v) is 5.10. The van der Waals surface area contributed by atoms with Gasteiger partial charge in [0.25, 0.3) is 5.56 Å². The van der Waals surface area contributed by atoms with Crippen molar-refractivity contribution in [3.05, 3.63) is 32.9 Å². The average Bonchev–Trinajstić information content (AvgIpc) is 2.48. The van der Waals surface area contributed by atoms with E-state index in [1.54, 1.807) is 0 Å². The highest BCUT2D eigenvalue weighted by molar-refractivity contribution is 5.08. The smallest absolute Gasteiger partial charge is 0.394 e. The van der Waals surface area contributed by atoms with E-state index in [0.29, 0.717) is 0 Å². The van der Waals surface area contributed by atoms with Crippen molar-refractivity contribution < 1.29 is 42.7 Å². The van der Waals surface area contributed by atoms with Crippen LogP contribution in [0.2, 0.25) is 0 Å². The summed E-state index contributed by atoms with van der Waals surface area (Å²) < 4.78 is 57.6. The molecule has 1 aromatic heterocycles. The lowest BCUT2D eigenvalue weighted by Crippen LogP contribution is -2.72. The number of halogens is 4. The molecule has 2 rings (SSSR count). The number of hydrogen-bond donors (Lipinski definition) is 5. The Hall–Kier alpha value is -1.80. The van der Waals surface area contributed by atoms with Crippen LogP contribution in [-0.4, -0.2) is 66.7 Å². The summed E-state index contributed by atoms with van der Waals surface area (Å²) in [6.07, 6.45) is -15.6. The van der Waals surface area contributed by atoms with Crippen molar-refractivity contribution in [3.63, 3.8) is 0 Å². The number of aromatic amines is 1. The van der Waals surface area contributed by atoms with E-state index >= 15 is 0 Å². The third-order valence-corrected chi connectivity index (χ3v) is 3.67. The molecule has 1 aromatic rings. The number of nitrogens with zero attached hydrogens (tertiary/aromatic N) is 1. The molecule has 9 nitrogen and oxygen atoms in total. The van der Waals surface area contributed by atoms with E-state index in [2.05, 4.69) is 0 Å². The highest BCUT2D eigenvalue weighted by Gasteiger charge is 2.69. The highest BCUT2D eigenvalue weighted by Crippen LogP contribution is 2.44. The zero-order valence-electron chi connectivity index (χ0n) is 11.6. The van der Waals surface area contributed by atoms with Crippen molar-refractivity contribution >= 4 is 0 Å². The van der Waals surface area contributed by atoms with E-state index in [1.807, 2.05) is 0 Å². The molecule has 0 unspecified atom stereocenters. The zero-order chi connectivity index (χ0) is 18.4. The van der Waals surface area contributed by atoms with E-state index in [1.165, 1.54) is 4.98 Å². The maximum Gasteiger partial charge on any atom is 0.422 e. The van der Waals surface area contributed by atoms with E-state index in [0.717, 1.165) is 0 Å². The van der Waals surface area contributed by atoms with Gasteiger partial charge in [-0.1, -0.05) is 0 Å². The number of hydrogen-bond acceptors (Lipinski definition) is 7. The number of aliphatic hydroxyl groups is 4. The number of alkyl halides is 3. The summed E-state index contributed by atoms with van der Waals surface area (Å²) in [7, 11) is 0. The molecule has 1 fully saturated rings. The summed E-state index contributed by atoms with van der Waals surface area (Å²) in [5.41, 5.74) is -7.09. The van der Waals surface area contributed by atoms with Crippen LogP contribution in [0, 0.1) is 5.82 Å². The first kappa shape index (κ1) is 18.5. The molecule has 0 saturated carbocycles. The second kappa shape index (κ2) is 5.93. The predicted octanol–water partition coefficient (Wildman–Crippen LogP) is -2.42. The third kappa shape index (κ3) is 2.63. The molecule has 0 radical (unpaired) electrons. The lowest BCUT2D eigenvalue weighted by Gasteiger charge is -2.48. The molecule has 24 heavy (non-hydrogen) atoms. The van der Waals surface area contributed by atoms with Crippen LogP contribution >= 0.6 is 0 Å². The SMILES string of the molecule is O=c1[nH]c(=O)n([C@@H]2O[C@H](CO)[C@@H](O)[C@](O)(C(F)(F)F)[C@H]2O)cc1F. The lowest BCUT2D eigenvalue weighted by atomic mass is 9.82. The first-order valence-corrected chi connectivity index (χ1v) is 6.37. The number of H-pyrrole nitrogens is 1. The van der Waals surface area contributed by atoms with Crippen molar-refractivity contribution in [2.24, 2.45) is 0 Å². The van der Waals surface area contributed by atoms with Gasteiger partial charge in [-0.25, -0.2) is 4.79 Å². The zero-order valence-corrected chi connectivity index (χ0v) is 11.6. The predicted molar refractivity (Wildman–Crippen MR) is 65.3 cm³/mol. The van der Waals surface area contributed by atoms with Gasteiger partial charge in [0, 0.05) is 0 Å². The average molecular weight is 360 g/mol. The molecular formula is C11H12F4N2O7. The fraction of sp³-hybridized carbons (Fsp3) is 0.636. The molecule has 1 aliphatic rings. The quantitative estimate of drug-likeness (QED) is 0.369. The van der Waals surface area contributed by atoms with Crippen LogP contribution in [-0.2, 0) is 4.74 Å². The molecule has 136 valence electrons. The number of aliphatic hydroxyl groups excluding tert-OH is 3. The fourth-order valence-electron chi connectivity index (χ4n) is 2.35. The van der Waals surface area contributed by atoms with Crippen LogP contribution in [0.5, 0.6) is 0 Å². The third-order valence-electron chi connectivity index (χ3n) is 3.67. The first-order chi connectivity index (χ1) is 10.9. The normalized spacial score (nSPS) is 34.3. The monoisotopic (exact) mass is 360 g/mol. The number of rotatable bonds is 2. The number of ether oxygens (including phenoxy) is 1. The standard InChI is InChI=1S/C11H12F4N2O7/c12-3-1-17(9(22)16-7(3)21)8-6(20)10(23,11(13,14)15)5(19)4(2-18)24-8/h1,4-6,8,18-20,23H,2H2,(H,16,21,22)/t4-,5-,6+,8-,10-/m1/s1. The van der Waals surface area contributed by atoms with Crippen LogP contribution in [0.25, 0.3) is 0 Å². The molecule has 1 saturated heterocycles. The van der Waals surface area contributed by atoms with Gasteiger partial charge < -0.3 is 25.2 Å². The van der Waals surface area contributed by atoms with Gasteiger partial charge in [-0.2, -0.15) is 17.6 Å². The van der Waals surface area contributed by atoms with Gasteiger partial charge in [0.05, 0.1) is 12.8 Å². The molecule has 5 atom stereocenters. The molecular weight excluding hydrogens is 348 g/mol. The minimum absolute atomic E-state index is 0.0622. The molecule has 13 heteroatoms. The lowest BCUT2D eigenvalue weighted by molar-refractivity contribution is -0.379. The van der Waals surface area contributed by atoms with Gasteiger partial charge in [-0.05, 0) is 0 Å². The van der Waals surface area contributed by atoms with Crippen LogP contribution in [0.15, 0.2) is 15.8 Å². The van der Waals surface area contributed by atoms with Crippen molar-refractivity contribution in [2.45, 2.75) is 36.3 Å². The molecule has 0 amide bonds. The van der Waals surface area contributed by atoms with Gasteiger partial charge in [-0.3, -0.25) is 14.3 Å². The van der Waals surface area contributed by atoms with E-state index < -0.39 is 60.0 Å². The van der Waals surface area contributed by atoms with Gasteiger partial charge in [0.2, 0.25) is 11.4 Å². The minimum atomic E-state index is -5.59. The summed E-state index contributed by atoms with van der Waals surface area (Å²) in [6.45, 7) is -1.22. The molecule has 0 bridgehead atoms. The molecule has 1 aliphatic heterocycles. The van der Waals surface area contributed by atoms with Gasteiger partial charge in [-0.15, -0.1) is 0 Å². The first-order valence-electron chi connectivity index (χ1n) is 6.37. The molecule has 2 heterocycles. The Bertz CT molecular complexity index is 732. The minimum Gasteiger partial charge on any atom is -0.394 e. The Morgan fingerprint density at radius 3 is 2.38 bits per heavy atom. The Labute approximate surface area is 129 Å². The maximum absolute atomic E-state index is 13.3. The Balaban J connectivity index is 2.61. The van der Waals surface area contributed by atoms with Crippen LogP contribution in [0.4, 0.5) is 17.6 Å². The van der Waals surface area contributed by atoms with E-state index in [-0.39, 0.29) is 10.8 Å². The summed E-state index contributed by atoms with van der Waals surface area (Å²) in [4.78, 5) is 24.0. The Morgan fingerprint density at radius 1 is 1.29 bits per heavy atom. The fourth-order valence-corrected chi connectivity index (χ4v) is 2.35. The van der Waals surface area contributed by atoms with Crippen molar-refractivity contribution in [3.8, 4) is 0 Å². The molecule has 0 aliphatic carbocycles. The van der Waals surface area contributed by atoms with Crippen LogP contribution < -0.4 is 11.2 Å². The van der Waals surface area contributed by atoms with Crippen molar-refractivity contribution in [2.75, 3.05) is 6.61 Å². The number of nitrogens with one attached hydrogen (secondary N) is 1. The topological polar surface area (TPSA) is 145 Å². The Morgan fingerprint density at radius 2 is 1.88 bits per heavy atom. The molecule has 5 N–H and O–H groups in total. The van der Waals surface area contributed by atoms with Crippen LogP contribution in [0.1, 0.15) is 6.23 Å². The largest absolute Gasteiger partial charge is 0.422 e. The highest BCUT2D eigenvalue weighted by atomic mass is 19.4. The van der Waals surface area contributed by atoms with Gasteiger partial charge >= 0.3 is 11.9 Å². The summed E-state index contributed by atoms with van der Waals surface area (Å²) in [6, 6.07) is 0. The molecule has 0 spiro atoms. The van der Waals surface area contributed by atoms with Crippen LogP contribution in [0.3, 0.4) is 0 Å². The van der Waals surface area contributed by atoms with E-state index in [9.17, 15) is 42.5 Å². The Kier molecular flexibility index (Phi) is 4.58. The molecule has 0 aromatic carbocycles. The second-order valence-electron chi connectivity index (χ2n) is 5.10.